The second-order valence-electron chi connectivity index (χ2n) is 5.71. The zero-order chi connectivity index (χ0) is 16.6. The first kappa shape index (κ1) is 15.5. The summed E-state index contributed by atoms with van der Waals surface area (Å²) in [6, 6.07) is 5.27. The zero-order valence-electron chi connectivity index (χ0n) is 12.8. The van der Waals surface area contributed by atoms with E-state index in [9.17, 15) is 14.4 Å². The highest BCUT2D eigenvalue weighted by molar-refractivity contribution is 5.98. The number of carboxylic acid groups (broad SMARTS) is 1. The van der Waals surface area contributed by atoms with Gasteiger partial charge in [-0.3, -0.25) is 9.59 Å². The molecule has 2 aliphatic rings. The topological polar surface area (TPSA) is 87.2 Å². The van der Waals surface area contributed by atoms with Crippen LogP contribution >= 0.6 is 0 Å². The van der Waals surface area contributed by atoms with Gasteiger partial charge in [0.15, 0.2) is 6.10 Å². The van der Waals surface area contributed by atoms with Gasteiger partial charge in [0.1, 0.15) is 0 Å². The van der Waals surface area contributed by atoms with Gasteiger partial charge in [0.05, 0.1) is 13.2 Å². The van der Waals surface area contributed by atoms with Crippen molar-refractivity contribution in [3.8, 4) is 0 Å². The largest absolute Gasteiger partial charge is 0.479 e. The molecule has 2 heterocycles. The van der Waals surface area contributed by atoms with E-state index < -0.39 is 12.1 Å². The molecule has 0 aromatic heterocycles. The number of carboxylic acids is 1. The van der Waals surface area contributed by atoms with E-state index in [2.05, 4.69) is 0 Å². The third-order valence-electron chi connectivity index (χ3n) is 4.23. The van der Waals surface area contributed by atoms with Crippen molar-refractivity contribution in [2.24, 2.45) is 0 Å². The summed E-state index contributed by atoms with van der Waals surface area (Å²) in [5.41, 5.74) is 2.33. The first-order valence-electron chi connectivity index (χ1n) is 7.52. The number of hydrogen-bond donors (Lipinski definition) is 1. The summed E-state index contributed by atoms with van der Waals surface area (Å²) in [5, 5.41) is 9.02. The predicted molar refractivity (Wildman–Crippen MR) is 81.5 cm³/mol. The number of hydrogen-bond acceptors (Lipinski definition) is 4. The van der Waals surface area contributed by atoms with Crippen LogP contribution in [-0.2, 0) is 20.7 Å². The molecule has 7 heteroatoms. The number of nitrogens with zero attached hydrogens (tertiary/aromatic N) is 2. The Morgan fingerprint density at radius 2 is 2.04 bits per heavy atom. The highest BCUT2D eigenvalue weighted by Crippen LogP contribution is 2.29. The molecule has 0 aliphatic carbocycles. The molecule has 1 aromatic carbocycles. The number of carbonyl (C=O) groups is 3. The minimum Gasteiger partial charge on any atom is -0.479 e. The van der Waals surface area contributed by atoms with E-state index in [1.807, 2.05) is 0 Å². The van der Waals surface area contributed by atoms with Crippen molar-refractivity contribution in [2.45, 2.75) is 19.4 Å². The smallest absolute Gasteiger partial charge is 0.334 e. The van der Waals surface area contributed by atoms with Gasteiger partial charge in [-0.05, 0) is 30.2 Å². The molecule has 0 radical (unpaired) electrons. The summed E-state index contributed by atoms with van der Waals surface area (Å²) < 4.78 is 5.13. The maximum atomic E-state index is 12.6. The van der Waals surface area contributed by atoms with Crippen LogP contribution in [-0.4, -0.2) is 60.1 Å². The van der Waals surface area contributed by atoms with Gasteiger partial charge < -0.3 is 19.6 Å². The van der Waals surface area contributed by atoms with Gasteiger partial charge >= 0.3 is 5.97 Å². The number of rotatable bonds is 2. The number of fused-ring (bicyclic) bond motifs is 1. The lowest BCUT2D eigenvalue weighted by molar-refractivity contribution is -0.154. The Kier molecular flexibility index (Phi) is 4.04. The molecule has 23 heavy (non-hydrogen) atoms. The number of carbonyl (C=O) groups excluding carboxylic acids is 2. The molecule has 7 nitrogen and oxygen atoms in total. The third kappa shape index (κ3) is 2.92. The molecule has 0 spiro atoms. The first-order chi connectivity index (χ1) is 11.0. The SMILES string of the molecule is CC(=O)N1CCc2cc(C(=O)N3CCO[C@H](C(=O)O)C3)ccc21. The second kappa shape index (κ2) is 6.00. The lowest BCUT2D eigenvalue weighted by atomic mass is 10.1. The molecule has 1 fully saturated rings. The summed E-state index contributed by atoms with van der Waals surface area (Å²) in [7, 11) is 0. The number of benzene rings is 1. The van der Waals surface area contributed by atoms with Crippen molar-refractivity contribution in [1.29, 1.82) is 0 Å². The molecule has 122 valence electrons. The van der Waals surface area contributed by atoms with Gasteiger partial charge in [0, 0.05) is 31.3 Å². The van der Waals surface area contributed by atoms with Crippen molar-refractivity contribution in [2.75, 3.05) is 31.1 Å². The number of aliphatic carboxylic acids is 1. The molecule has 1 atom stereocenters. The Hall–Kier alpha value is -2.41. The van der Waals surface area contributed by atoms with E-state index in [1.54, 1.807) is 23.1 Å². The van der Waals surface area contributed by atoms with Crippen molar-refractivity contribution in [1.82, 2.24) is 4.90 Å². The van der Waals surface area contributed by atoms with Crippen LogP contribution in [0.4, 0.5) is 5.69 Å². The summed E-state index contributed by atoms with van der Waals surface area (Å²) in [5.74, 6) is -1.28. The van der Waals surface area contributed by atoms with E-state index in [-0.39, 0.29) is 25.0 Å². The monoisotopic (exact) mass is 318 g/mol. The van der Waals surface area contributed by atoms with Crippen LogP contribution in [0.15, 0.2) is 18.2 Å². The van der Waals surface area contributed by atoms with Crippen molar-refractivity contribution < 1.29 is 24.2 Å². The summed E-state index contributed by atoms with van der Waals surface area (Å²) in [6.45, 7) is 2.78. The van der Waals surface area contributed by atoms with Crippen LogP contribution < -0.4 is 4.90 Å². The summed E-state index contributed by atoms with van der Waals surface area (Å²) in [6.07, 6.45) is -0.257. The van der Waals surface area contributed by atoms with Gasteiger partial charge in [0.2, 0.25) is 5.91 Å². The zero-order valence-corrected chi connectivity index (χ0v) is 12.8. The van der Waals surface area contributed by atoms with Crippen molar-refractivity contribution in [3.05, 3.63) is 29.3 Å². The molecule has 2 aliphatic heterocycles. The molecular formula is C16H18N2O5. The van der Waals surface area contributed by atoms with Gasteiger partial charge in [-0.2, -0.15) is 0 Å². The minimum absolute atomic E-state index is 0.0136. The Balaban J connectivity index is 1.79. The minimum atomic E-state index is -1.06. The number of amides is 2. The average molecular weight is 318 g/mol. The molecule has 0 saturated carbocycles. The number of anilines is 1. The third-order valence-corrected chi connectivity index (χ3v) is 4.23. The molecule has 1 saturated heterocycles. The maximum Gasteiger partial charge on any atom is 0.334 e. The second-order valence-corrected chi connectivity index (χ2v) is 5.71. The van der Waals surface area contributed by atoms with Crippen molar-refractivity contribution in [3.63, 3.8) is 0 Å². The summed E-state index contributed by atoms with van der Waals surface area (Å²) in [4.78, 5) is 38.3. The lowest BCUT2D eigenvalue weighted by Crippen LogP contribution is -2.48. The average Bonchev–Trinajstić information content (AvgIpc) is 2.97. The summed E-state index contributed by atoms with van der Waals surface area (Å²) >= 11 is 0. The first-order valence-corrected chi connectivity index (χ1v) is 7.52. The predicted octanol–water partition coefficient (Wildman–Crippen LogP) is 0.521. The Morgan fingerprint density at radius 3 is 2.74 bits per heavy atom. The Labute approximate surface area is 133 Å². The number of morpholine rings is 1. The normalized spacial score (nSPS) is 20.3. The van der Waals surface area contributed by atoms with Crippen molar-refractivity contribution >= 4 is 23.5 Å². The van der Waals surface area contributed by atoms with E-state index in [0.29, 0.717) is 18.7 Å². The standard InChI is InChI=1S/C16H18N2O5/c1-10(19)18-5-4-11-8-12(2-3-13(11)18)15(20)17-6-7-23-14(9-17)16(21)22/h2-3,8,14H,4-7,9H2,1H3,(H,21,22)/t14-/m0/s1. The molecular weight excluding hydrogens is 300 g/mol. The molecule has 3 rings (SSSR count). The van der Waals surface area contributed by atoms with Crippen LogP contribution in [0.1, 0.15) is 22.8 Å². The van der Waals surface area contributed by atoms with E-state index >= 15 is 0 Å². The highest BCUT2D eigenvalue weighted by Gasteiger charge is 2.30. The van der Waals surface area contributed by atoms with E-state index in [1.165, 1.54) is 11.8 Å². The van der Waals surface area contributed by atoms with Crippen LogP contribution in [0, 0.1) is 0 Å². The maximum absolute atomic E-state index is 12.6. The molecule has 1 N–H and O–H groups in total. The van der Waals surface area contributed by atoms with Crippen LogP contribution in [0.2, 0.25) is 0 Å². The molecule has 0 bridgehead atoms. The Morgan fingerprint density at radius 1 is 1.26 bits per heavy atom. The fourth-order valence-corrected chi connectivity index (χ4v) is 3.03. The van der Waals surface area contributed by atoms with E-state index in [4.69, 9.17) is 9.84 Å². The number of ether oxygens (including phenoxy) is 1. The molecule has 1 aromatic rings. The van der Waals surface area contributed by atoms with Crippen LogP contribution in [0.3, 0.4) is 0 Å². The van der Waals surface area contributed by atoms with Gasteiger partial charge in [-0.1, -0.05) is 0 Å². The van der Waals surface area contributed by atoms with E-state index in [0.717, 1.165) is 17.7 Å². The van der Waals surface area contributed by atoms with Gasteiger partial charge in [-0.15, -0.1) is 0 Å². The fourth-order valence-electron chi connectivity index (χ4n) is 3.03. The molecule has 0 unspecified atom stereocenters. The lowest BCUT2D eigenvalue weighted by Gasteiger charge is -2.31. The Bertz CT molecular complexity index is 672. The van der Waals surface area contributed by atoms with Crippen LogP contribution in [0.5, 0.6) is 0 Å². The molecule has 2 amide bonds. The van der Waals surface area contributed by atoms with Gasteiger partial charge in [0.25, 0.3) is 5.91 Å². The quantitative estimate of drug-likeness (QED) is 0.859. The fraction of sp³-hybridized carbons (Fsp3) is 0.438. The van der Waals surface area contributed by atoms with Gasteiger partial charge in [-0.25, -0.2) is 4.79 Å². The highest BCUT2D eigenvalue weighted by atomic mass is 16.5. The van der Waals surface area contributed by atoms with Crippen LogP contribution in [0.25, 0.3) is 0 Å².